The normalized spacial score (nSPS) is 15.4. The number of hydrogen-bond donors (Lipinski definition) is 1. The number of carbonyl (C=O) groups is 1. The summed E-state index contributed by atoms with van der Waals surface area (Å²) in [7, 11) is 0. The molecule has 1 amide bonds. The van der Waals surface area contributed by atoms with Gasteiger partial charge in [0.15, 0.2) is 0 Å². The van der Waals surface area contributed by atoms with Gasteiger partial charge in [0.2, 0.25) is 5.91 Å². The first-order valence-electron chi connectivity index (χ1n) is 6.05. The molecule has 1 N–H and O–H groups in total. The van der Waals surface area contributed by atoms with Crippen molar-refractivity contribution in [3.05, 3.63) is 23.9 Å². The van der Waals surface area contributed by atoms with Crippen LogP contribution in [0.5, 0.6) is 0 Å². The van der Waals surface area contributed by atoms with E-state index in [1.807, 2.05) is 12.1 Å². The van der Waals surface area contributed by atoms with Gasteiger partial charge in [-0.2, -0.15) is 0 Å². The minimum absolute atomic E-state index is 0. The molecule has 1 saturated carbocycles. The third kappa shape index (κ3) is 3.55. The van der Waals surface area contributed by atoms with Gasteiger partial charge < -0.3 is 5.32 Å². The topological polar surface area (TPSA) is 42.0 Å². The molecule has 0 unspecified atom stereocenters. The minimum atomic E-state index is 0. The second-order valence-electron chi connectivity index (χ2n) is 4.37. The van der Waals surface area contributed by atoms with Crippen LogP contribution in [0.4, 0.5) is 5.82 Å². The largest absolute Gasteiger partial charge is 0.310 e. The summed E-state index contributed by atoms with van der Waals surface area (Å²) in [5.41, 5.74) is 1.21. The standard InChI is InChI=1S/C13H18N2O.CH4/c1-2-10-7-8-14-12(9-10)15-13(16)11-5-3-4-6-11;/h7-9,11H,2-6H2,1H3,(H,14,15,16);1H4. The van der Waals surface area contributed by atoms with E-state index in [1.54, 1.807) is 6.20 Å². The fraction of sp³-hybridized carbons (Fsp3) is 0.571. The van der Waals surface area contributed by atoms with Crippen molar-refractivity contribution in [2.75, 3.05) is 5.32 Å². The van der Waals surface area contributed by atoms with Crippen LogP contribution in [0.25, 0.3) is 0 Å². The fourth-order valence-electron chi connectivity index (χ4n) is 2.18. The molecule has 2 rings (SSSR count). The fourth-order valence-corrected chi connectivity index (χ4v) is 2.18. The van der Waals surface area contributed by atoms with Crippen molar-refractivity contribution in [1.82, 2.24) is 4.98 Å². The quantitative estimate of drug-likeness (QED) is 0.870. The average Bonchev–Trinajstić information content (AvgIpc) is 2.83. The number of aromatic nitrogens is 1. The number of carbonyl (C=O) groups excluding carboxylic acids is 1. The van der Waals surface area contributed by atoms with Gasteiger partial charge >= 0.3 is 0 Å². The van der Waals surface area contributed by atoms with Crippen LogP contribution in [0.2, 0.25) is 0 Å². The number of nitrogens with one attached hydrogen (secondary N) is 1. The molecular formula is C14H22N2O. The number of nitrogens with zero attached hydrogens (tertiary/aromatic N) is 1. The molecule has 0 saturated heterocycles. The van der Waals surface area contributed by atoms with Crippen LogP contribution < -0.4 is 5.32 Å². The van der Waals surface area contributed by atoms with E-state index < -0.39 is 0 Å². The monoisotopic (exact) mass is 234 g/mol. The minimum Gasteiger partial charge on any atom is -0.310 e. The molecule has 1 aromatic rings. The molecule has 17 heavy (non-hydrogen) atoms. The maximum absolute atomic E-state index is 11.9. The molecule has 0 aromatic carbocycles. The van der Waals surface area contributed by atoms with Gasteiger partial charge in [0.1, 0.15) is 5.82 Å². The first kappa shape index (κ1) is 13.7. The van der Waals surface area contributed by atoms with Crippen LogP contribution >= 0.6 is 0 Å². The Bertz CT molecular complexity index is 370. The van der Waals surface area contributed by atoms with Crippen LogP contribution in [0.3, 0.4) is 0 Å². The zero-order chi connectivity index (χ0) is 11.4. The third-order valence-electron chi connectivity index (χ3n) is 3.21. The third-order valence-corrected chi connectivity index (χ3v) is 3.21. The van der Waals surface area contributed by atoms with E-state index in [-0.39, 0.29) is 19.3 Å². The van der Waals surface area contributed by atoms with Crippen molar-refractivity contribution in [1.29, 1.82) is 0 Å². The Kier molecular flexibility index (Phi) is 5.13. The summed E-state index contributed by atoms with van der Waals surface area (Å²) in [5.74, 6) is 1.03. The Labute approximate surface area is 104 Å². The summed E-state index contributed by atoms with van der Waals surface area (Å²) in [6, 6.07) is 3.93. The Hall–Kier alpha value is -1.38. The Morgan fingerprint density at radius 3 is 2.82 bits per heavy atom. The van der Waals surface area contributed by atoms with Crippen LogP contribution in [0, 0.1) is 5.92 Å². The van der Waals surface area contributed by atoms with E-state index in [0.29, 0.717) is 5.82 Å². The number of rotatable bonds is 3. The van der Waals surface area contributed by atoms with Gasteiger partial charge in [-0.05, 0) is 37.0 Å². The molecular weight excluding hydrogens is 212 g/mol. The highest BCUT2D eigenvalue weighted by Gasteiger charge is 2.22. The summed E-state index contributed by atoms with van der Waals surface area (Å²) in [6.45, 7) is 2.10. The zero-order valence-electron chi connectivity index (χ0n) is 9.70. The van der Waals surface area contributed by atoms with Crippen molar-refractivity contribution >= 4 is 11.7 Å². The van der Waals surface area contributed by atoms with Crippen molar-refractivity contribution in [2.45, 2.75) is 46.5 Å². The van der Waals surface area contributed by atoms with Crippen molar-refractivity contribution in [2.24, 2.45) is 5.92 Å². The molecule has 1 aliphatic rings. The summed E-state index contributed by atoms with van der Waals surface area (Å²) in [6.07, 6.45) is 7.14. The molecule has 0 spiro atoms. The van der Waals surface area contributed by atoms with E-state index >= 15 is 0 Å². The van der Waals surface area contributed by atoms with Gasteiger partial charge in [-0.1, -0.05) is 27.2 Å². The van der Waals surface area contributed by atoms with E-state index in [1.165, 1.54) is 18.4 Å². The summed E-state index contributed by atoms with van der Waals surface area (Å²) in [5, 5.41) is 2.91. The molecule has 0 aliphatic heterocycles. The van der Waals surface area contributed by atoms with E-state index in [0.717, 1.165) is 19.3 Å². The summed E-state index contributed by atoms with van der Waals surface area (Å²) >= 11 is 0. The van der Waals surface area contributed by atoms with E-state index in [4.69, 9.17) is 0 Å². The molecule has 0 atom stereocenters. The lowest BCUT2D eigenvalue weighted by Crippen LogP contribution is -2.20. The van der Waals surface area contributed by atoms with E-state index in [9.17, 15) is 4.79 Å². The predicted molar refractivity (Wildman–Crippen MR) is 70.9 cm³/mol. The van der Waals surface area contributed by atoms with Gasteiger partial charge in [-0.15, -0.1) is 0 Å². The number of aryl methyl sites for hydroxylation is 1. The number of hydrogen-bond acceptors (Lipinski definition) is 2. The van der Waals surface area contributed by atoms with Crippen LogP contribution in [0.1, 0.15) is 45.6 Å². The highest BCUT2D eigenvalue weighted by molar-refractivity contribution is 5.91. The molecule has 1 heterocycles. The second kappa shape index (κ2) is 6.38. The molecule has 1 aliphatic carbocycles. The van der Waals surface area contributed by atoms with Crippen molar-refractivity contribution in [3.63, 3.8) is 0 Å². The number of pyridine rings is 1. The molecule has 3 heteroatoms. The zero-order valence-corrected chi connectivity index (χ0v) is 9.70. The maximum Gasteiger partial charge on any atom is 0.228 e. The van der Waals surface area contributed by atoms with Gasteiger partial charge in [0.05, 0.1) is 0 Å². The molecule has 3 nitrogen and oxygen atoms in total. The first-order valence-corrected chi connectivity index (χ1v) is 6.05. The second-order valence-corrected chi connectivity index (χ2v) is 4.37. The van der Waals surface area contributed by atoms with Gasteiger partial charge in [-0.25, -0.2) is 4.98 Å². The highest BCUT2D eigenvalue weighted by atomic mass is 16.1. The lowest BCUT2D eigenvalue weighted by Gasteiger charge is -2.10. The summed E-state index contributed by atoms with van der Waals surface area (Å²) < 4.78 is 0. The lowest BCUT2D eigenvalue weighted by atomic mass is 10.1. The van der Waals surface area contributed by atoms with Gasteiger partial charge in [-0.3, -0.25) is 4.79 Å². The van der Waals surface area contributed by atoms with Crippen molar-refractivity contribution < 1.29 is 4.79 Å². The van der Waals surface area contributed by atoms with Crippen LogP contribution in [-0.2, 0) is 11.2 Å². The van der Waals surface area contributed by atoms with Crippen molar-refractivity contribution in [3.8, 4) is 0 Å². The van der Waals surface area contributed by atoms with Crippen LogP contribution in [-0.4, -0.2) is 10.9 Å². The summed E-state index contributed by atoms with van der Waals surface area (Å²) in [4.78, 5) is 16.0. The SMILES string of the molecule is C.CCc1ccnc(NC(=O)C2CCCC2)c1. The number of amides is 1. The first-order chi connectivity index (χ1) is 7.79. The molecule has 94 valence electrons. The van der Waals surface area contributed by atoms with Gasteiger partial charge in [0, 0.05) is 12.1 Å². The average molecular weight is 234 g/mol. The highest BCUT2D eigenvalue weighted by Crippen LogP contribution is 2.25. The Morgan fingerprint density at radius 2 is 2.18 bits per heavy atom. The predicted octanol–water partition coefficient (Wildman–Crippen LogP) is 3.41. The van der Waals surface area contributed by atoms with Crippen LogP contribution in [0.15, 0.2) is 18.3 Å². The molecule has 0 radical (unpaired) electrons. The Balaban J connectivity index is 0.00000144. The molecule has 0 bridgehead atoms. The molecule has 1 aromatic heterocycles. The number of anilines is 1. The van der Waals surface area contributed by atoms with Gasteiger partial charge in [0.25, 0.3) is 0 Å². The Morgan fingerprint density at radius 1 is 1.47 bits per heavy atom. The molecule has 1 fully saturated rings. The van der Waals surface area contributed by atoms with E-state index in [2.05, 4.69) is 17.2 Å². The smallest absolute Gasteiger partial charge is 0.228 e. The maximum atomic E-state index is 11.9. The lowest BCUT2D eigenvalue weighted by molar-refractivity contribution is -0.119.